The fraction of sp³-hybridized carbons (Fsp3) is 0.333. The molecule has 0 aliphatic carbocycles. The van der Waals surface area contributed by atoms with Crippen molar-refractivity contribution in [3.8, 4) is 0 Å². The first kappa shape index (κ1) is 16.0. The smallest absolute Gasteiger partial charge is 0.216 e. The van der Waals surface area contributed by atoms with Gasteiger partial charge in [-0.2, -0.15) is 0 Å². The number of nitrogen functional groups attached to an aromatic ring is 1. The summed E-state index contributed by atoms with van der Waals surface area (Å²) in [5.74, 6) is -0.0498. The molecule has 0 amide bonds. The Labute approximate surface area is 130 Å². The number of nitrogens with two attached hydrogens (primary N) is 1. The number of rotatable bonds is 6. The molecule has 0 aliphatic rings. The van der Waals surface area contributed by atoms with E-state index in [2.05, 4.69) is 4.72 Å². The Balaban J connectivity index is 1.97. The van der Waals surface area contributed by atoms with Gasteiger partial charge in [0.05, 0.1) is 5.75 Å². The topological polar surface area (TPSA) is 72.2 Å². The molecule has 21 heavy (non-hydrogen) atoms. The SMILES string of the molecule is Cc1ccc(CC(C)NS(=O)(=O)Cc2cccc(N)c2)s1. The van der Waals surface area contributed by atoms with E-state index < -0.39 is 10.0 Å². The maximum Gasteiger partial charge on any atom is 0.216 e. The Kier molecular flexibility index (Phi) is 5.03. The zero-order chi connectivity index (χ0) is 15.5. The van der Waals surface area contributed by atoms with Crippen LogP contribution in [0.2, 0.25) is 0 Å². The second-order valence-corrected chi connectivity index (χ2v) is 8.37. The molecule has 6 heteroatoms. The molecule has 0 aliphatic heterocycles. The van der Waals surface area contributed by atoms with Crippen LogP contribution in [0.3, 0.4) is 0 Å². The molecule has 1 unspecified atom stereocenters. The lowest BCUT2D eigenvalue weighted by Gasteiger charge is -2.13. The summed E-state index contributed by atoms with van der Waals surface area (Å²) >= 11 is 1.70. The molecule has 0 fully saturated rings. The first-order chi connectivity index (χ1) is 9.84. The van der Waals surface area contributed by atoms with Crippen molar-refractivity contribution < 1.29 is 8.42 Å². The molecule has 0 radical (unpaired) electrons. The van der Waals surface area contributed by atoms with Crippen LogP contribution in [0, 0.1) is 6.92 Å². The molecule has 0 saturated carbocycles. The van der Waals surface area contributed by atoms with Gasteiger partial charge in [0, 0.05) is 21.5 Å². The van der Waals surface area contributed by atoms with Crippen LogP contribution in [0.15, 0.2) is 36.4 Å². The summed E-state index contributed by atoms with van der Waals surface area (Å²) in [6, 6.07) is 10.9. The van der Waals surface area contributed by atoms with E-state index >= 15 is 0 Å². The molecule has 4 nitrogen and oxygen atoms in total. The van der Waals surface area contributed by atoms with E-state index in [0.29, 0.717) is 17.7 Å². The normalized spacial score (nSPS) is 13.2. The lowest BCUT2D eigenvalue weighted by atomic mass is 10.2. The summed E-state index contributed by atoms with van der Waals surface area (Å²) in [4.78, 5) is 2.42. The van der Waals surface area contributed by atoms with Crippen molar-refractivity contribution in [3.63, 3.8) is 0 Å². The third-order valence-electron chi connectivity index (χ3n) is 2.99. The molecule has 0 spiro atoms. The molecule has 0 saturated heterocycles. The first-order valence-electron chi connectivity index (χ1n) is 6.74. The molecule has 1 aromatic carbocycles. The van der Waals surface area contributed by atoms with E-state index in [1.54, 1.807) is 35.6 Å². The van der Waals surface area contributed by atoms with Gasteiger partial charge in [0.2, 0.25) is 10.0 Å². The van der Waals surface area contributed by atoms with Crippen molar-refractivity contribution in [1.82, 2.24) is 4.72 Å². The highest BCUT2D eigenvalue weighted by molar-refractivity contribution is 7.88. The lowest BCUT2D eigenvalue weighted by molar-refractivity contribution is 0.560. The van der Waals surface area contributed by atoms with Gasteiger partial charge in [0.15, 0.2) is 0 Å². The van der Waals surface area contributed by atoms with E-state index in [9.17, 15) is 8.42 Å². The molecule has 2 rings (SSSR count). The monoisotopic (exact) mass is 324 g/mol. The number of nitrogens with one attached hydrogen (secondary N) is 1. The average molecular weight is 324 g/mol. The standard InChI is InChI=1S/C15H20N2O2S2/c1-11(8-15-7-6-12(2)20-15)17-21(18,19)10-13-4-3-5-14(16)9-13/h3-7,9,11,17H,8,10,16H2,1-2H3. The number of hydrogen-bond donors (Lipinski definition) is 2. The second kappa shape index (κ2) is 6.60. The minimum atomic E-state index is -3.36. The van der Waals surface area contributed by atoms with Gasteiger partial charge >= 0.3 is 0 Å². The second-order valence-electron chi connectivity index (χ2n) is 5.24. The Morgan fingerprint density at radius 1 is 1.29 bits per heavy atom. The van der Waals surface area contributed by atoms with Gasteiger partial charge in [-0.15, -0.1) is 11.3 Å². The third-order valence-corrected chi connectivity index (χ3v) is 5.49. The summed E-state index contributed by atoms with van der Waals surface area (Å²) in [7, 11) is -3.36. The van der Waals surface area contributed by atoms with E-state index in [0.717, 1.165) is 0 Å². The quantitative estimate of drug-likeness (QED) is 0.803. The van der Waals surface area contributed by atoms with Crippen LogP contribution in [-0.2, 0) is 22.2 Å². The molecule has 3 N–H and O–H groups in total. The Hall–Kier alpha value is -1.37. The Bertz CT molecular complexity index is 708. The highest BCUT2D eigenvalue weighted by Crippen LogP contribution is 2.17. The number of sulfonamides is 1. The van der Waals surface area contributed by atoms with Crippen LogP contribution < -0.4 is 10.5 Å². The minimum absolute atomic E-state index is 0.0498. The van der Waals surface area contributed by atoms with E-state index in [-0.39, 0.29) is 11.8 Å². The summed E-state index contributed by atoms with van der Waals surface area (Å²) in [6.07, 6.45) is 0.703. The van der Waals surface area contributed by atoms with Crippen LogP contribution in [0.5, 0.6) is 0 Å². The predicted octanol–water partition coefficient (Wildman–Crippen LogP) is 2.69. The van der Waals surface area contributed by atoms with Crippen LogP contribution in [0.4, 0.5) is 5.69 Å². The molecular formula is C15H20N2O2S2. The maximum absolute atomic E-state index is 12.2. The summed E-state index contributed by atoms with van der Waals surface area (Å²) in [5, 5.41) is 0. The van der Waals surface area contributed by atoms with Crippen molar-refractivity contribution in [2.24, 2.45) is 0 Å². The minimum Gasteiger partial charge on any atom is -0.399 e. The molecule has 114 valence electrons. The summed E-state index contributed by atoms with van der Waals surface area (Å²) in [6.45, 7) is 3.93. The van der Waals surface area contributed by atoms with Gasteiger partial charge in [-0.25, -0.2) is 13.1 Å². The van der Waals surface area contributed by atoms with Crippen molar-refractivity contribution >= 4 is 27.0 Å². The van der Waals surface area contributed by atoms with Crippen LogP contribution in [-0.4, -0.2) is 14.5 Å². The predicted molar refractivity (Wildman–Crippen MR) is 88.8 cm³/mol. The highest BCUT2D eigenvalue weighted by atomic mass is 32.2. The van der Waals surface area contributed by atoms with E-state index in [1.165, 1.54) is 9.75 Å². The van der Waals surface area contributed by atoms with Gasteiger partial charge in [0.1, 0.15) is 0 Å². The van der Waals surface area contributed by atoms with Crippen molar-refractivity contribution in [1.29, 1.82) is 0 Å². The average Bonchev–Trinajstić information content (AvgIpc) is 2.72. The van der Waals surface area contributed by atoms with E-state index in [4.69, 9.17) is 5.73 Å². The number of thiophene rings is 1. The number of aryl methyl sites for hydroxylation is 1. The molecule has 0 bridgehead atoms. The fourth-order valence-corrected chi connectivity index (χ4v) is 4.61. The number of anilines is 1. The Morgan fingerprint density at radius 3 is 2.67 bits per heavy atom. The highest BCUT2D eigenvalue weighted by Gasteiger charge is 2.16. The fourth-order valence-electron chi connectivity index (χ4n) is 2.19. The van der Waals surface area contributed by atoms with Gasteiger partial charge in [-0.3, -0.25) is 0 Å². The van der Waals surface area contributed by atoms with Gasteiger partial charge in [0.25, 0.3) is 0 Å². The largest absolute Gasteiger partial charge is 0.399 e. The third kappa shape index (κ3) is 5.15. The Morgan fingerprint density at radius 2 is 2.05 bits per heavy atom. The summed E-state index contributed by atoms with van der Waals surface area (Å²) < 4.78 is 27.1. The first-order valence-corrected chi connectivity index (χ1v) is 9.21. The van der Waals surface area contributed by atoms with E-state index in [1.807, 2.05) is 26.0 Å². The molecular weight excluding hydrogens is 304 g/mol. The van der Waals surface area contributed by atoms with Crippen LogP contribution in [0.1, 0.15) is 22.2 Å². The van der Waals surface area contributed by atoms with Gasteiger partial charge in [-0.1, -0.05) is 12.1 Å². The molecule has 1 heterocycles. The zero-order valence-corrected chi connectivity index (χ0v) is 13.8. The number of hydrogen-bond acceptors (Lipinski definition) is 4. The zero-order valence-electron chi connectivity index (χ0n) is 12.2. The van der Waals surface area contributed by atoms with Crippen LogP contribution in [0.25, 0.3) is 0 Å². The molecule has 2 aromatic rings. The number of benzene rings is 1. The maximum atomic E-state index is 12.2. The van der Waals surface area contributed by atoms with Crippen molar-refractivity contribution in [3.05, 3.63) is 51.7 Å². The molecule has 1 aromatic heterocycles. The van der Waals surface area contributed by atoms with Crippen molar-refractivity contribution in [2.45, 2.75) is 32.1 Å². The summed E-state index contributed by atoms with van der Waals surface area (Å²) in [5.41, 5.74) is 6.94. The van der Waals surface area contributed by atoms with Gasteiger partial charge < -0.3 is 5.73 Å². The van der Waals surface area contributed by atoms with Crippen molar-refractivity contribution in [2.75, 3.05) is 5.73 Å². The van der Waals surface area contributed by atoms with Gasteiger partial charge in [-0.05, 0) is 50.1 Å². The lowest BCUT2D eigenvalue weighted by Crippen LogP contribution is -2.34. The molecule has 1 atom stereocenters. The van der Waals surface area contributed by atoms with Crippen LogP contribution >= 0.6 is 11.3 Å².